The van der Waals surface area contributed by atoms with E-state index in [2.05, 4.69) is 81.3 Å². The number of phenolic OH excluding ortho intramolecular Hbond substituents is 1. The number of phenols is 1. The van der Waals surface area contributed by atoms with Crippen molar-refractivity contribution in [2.45, 2.75) is 46.9 Å². The fraction of sp³-hybridized carbons (Fsp3) is 0.108. The molecule has 450 valence electrons. The normalized spacial score (nSPS) is 13.3. The first-order chi connectivity index (χ1) is 39.3. The Balaban J connectivity index is 1.32. The monoisotopic (exact) mass is 1390 g/mol. The molecule has 13 N–H and O–H groups in total. The van der Waals surface area contributed by atoms with Crippen LogP contribution in [0.2, 0.25) is 21.1 Å². The smallest absolute Gasteiger partial charge is 0.327 e. The first-order valence-corrected chi connectivity index (χ1v) is 32.1. The average molecular weight is 1400 g/mol. The highest BCUT2D eigenvalue weighted by atomic mass is 35.5. The Hall–Kier alpha value is -7.28. The Kier molecular flexibility index (Phi) is 19.5. The van der Waals surface area contributed by atoms with Crippen molar-refractivity contribution >= 4 is 195 Å². The number of carboxylic acid groups (broad SMARTS) is 2. The number of nitrogens with one attached hydrogen (secondary N) is 3. The fourth-order valence-corrected chi connectivity index (χ4v) is 12.1. The van der Waals surface area contributed by atoms with Crippen molar-refractivity contribution in [3.63, 3.8) is 0 Å². The van der Waals surface area contributed by atoms with E-state index < -0.39 is 183 Å². The van der Waals surface area contributed by atoms with E-state index in [4.69, 9.17) is 52.1 Å². The van der Waals surface area contributed by atoms with E-state index in [1.165, 1.54) is 0 Å². The van der Waals surface area contributed by atoms with E-state index in [-0.39, 0.29) is 27.9 Å². The van der Waals surface area contributed by atoms with Gasteiger partial charge in [0.05, 0.1) is 16.0 Å². The van der Waals surface area contributed by atoms with E-state index in [9.17, 15) is 89.8 Å². The molecule has 2 atom stereocenters. The van der Waals surface area contributed by atoms with Crippen molar-refractivity contribution in [3.05, 3.63) is 69.7 Å². The van der Waals surface area contributed by atoms with Gasteiger partial charge in [0.25, 0.3) is 50.6 Å². The summed E-state index contributed by atoms with van der Waals surface area (Å²) >= 11 is 24.6. The Morgan fingerprint density at radius 2 is 0.929 bits per heavy atom. The van der Waals surface area contributed by atoms with Crippen LogP contribution in [0.15, 0.2) is 104 Å². The van der Waals surface area contributed by atoms with Gasteiger partial charge in [0.15, 0.2) is 16.1 Å². The first kappa shape index (κ1) is 65.3. The van der Waals surface area contributed by atoms with Gasteiger partial charge in [-0.3, -0.25) is 22.8 Å². The van der Waals surface area contributed by atoms with E-state index in [0.29, 0.717) is 59.9 Å². The van der Waals surface area contributed by atoms with Crippen molar-refractivity contribution < 1.29 is 89.8 Å². The summed E-state index contributed by atoms with van der Waals surface area (Å²) in [5.41, 5.74) is 0.237. The molecule has 3 heterocycles. The molecule has 2 unspecified atom stereocenters. The Labute approximate surface area is 502 Å². The molecule has 48 heteroatoms. The van der Waals surface area contributed by atoms with Gasteiger partial charge in [0, 0.05) is 17.2 Å². The number of azo groups is 2. The lowest BCUT2D eigenvalue weighted by Crippen LogP contribution is -2.33. The number of carbonyl (C=O) groups is 2. The summed E-state index contributed by atoms with van der Waals surface area (Å²) in [5, 5.41) is 49.8. The molecule has 0 aliphatic carbocycles. The van der Waals surface area contributed by atoms with Crippen molar-refractivity contribution in [2.24, 2.45) is 20.5 Å². The number of fused-ring (bicyclic) bond motifs is 1. The van der Waals surface area contributed by atoms with Crippen molar-refractivity contribution in [3.8, 4) is 5.75 Å². The summed E-state index contributed by atoms with van der Waals surface area (Å²) in [6.07, 6.45) is 0. The van der Waals surface area contributed by atoms with Gasteiger partial charge in [-0.1, -0.05) is 23.5 Å². The van der Waals surface area contributed by atoms with Gasteiger partial charge in [-0.05, 0) is 100 Å². The molecule has 0 aliphatic heterocycles. The van der Waals surface area contributed by atoms with Crippen LogP contribution in [0.3, 0.4) is 0 Å². The number of hydrogen-bond donors (Lipinski definition) is 12. The Bertz CT molecular complexity index is 4450. The number of nitrogens with two attached hydrogens (primary N) is 1. The summed E-state index contributed by atoms with van der Waals surface area (Å²) in [4.78, 5) is 53.5. The number of nitrogens with zero attached hydrogens (tertiary/aromatic N) is 13. The van der Waals surface area contributed by atoms with Gasteiger partial charge in [-0.15, -0.1) is 20.5 Å². The summed E-state index contributed by atoms with van der Waals surface area (Å²) in [7, 11) is -27.0. The number of aromatic hydroxyl groups is 1. The first-order valence-electron chi connectivity index (χ1n) is 21.4. The highest BCUT2D eigenvalue weighted by Crippen LogP contribution is 2.49. The second-order valence-electron chi connectivity index (χ2n) is 15.8. The van der Waals surface area contributed by atoms with Gasteiger partial charge in [-0.25, -0.2) is 9.59 Å². The van der Waals surface area contributed by atoms with Crippen LogP contribution in [0.4, 0.5) is 52.0 Å². The van der Waals surface area contributed by atoms with Crippen LogP contribution in [0.5, 0.6) is 5.75 Å². The van der Waals surface area contributed by atoms with Crippen molar-refractivity contribution in [1.29, 1.82) is 0 Å². The Morgan fingerprint density at radius 3 is 1.35 bits per heavy atom. The quantitative estimate of drug-likeness (QED) is 0.0165. The van der Waals surface area contributed by atoms with Gasteiger partial charge >= 0.3 is 11.9 Å². The molecule has 7 rings (SSSR count). The maximum atomic E-state index is 12.9. The van der Waals surface area contributed by atoms with Crippen LogP contribution in [-0.2, 0) is 60.2 Å². The SMILES string of the molecule is Nc1c(N=Nc2cc(S(=O)(=O)O)ccc2S(=O)(=O)O)c(S(=O)(=O)O)cc2cc(S(=O)(=O)O)c(N=Nc3cc(Nc4nc(SCC(Nc5nc(Cl)nc(Cl)n5)C(=O)O)nc(SCC(Nc5nc(Cl)nc(Cl)n5)C(=O)O)n4)ccc3S(=O)(=O)O)c(O)c12. The lowest BCUT2D eigenvalue weighted by Gasteiger charge is -2.15. The number of aliphatic carboxylic acids is 2. The molecule has 0 amide bonds. The fourth-order valence-electron chi connectivity index (χ4n) is 6.57. The second kappa shape index (κ2) is 25.4. The molecule has 3 aromatic heterocycles. The number of thioether (sulfide) groups is 2. The minimum Gasteiger partial charge on any atom is -0.505 e. The van der Waals surface area contributed by atoms with Gasteiger partial charge in [0.2, 0.25) is 39.0 Å². The number of benzene rings is 4. The lowest BCUT2D eigenvalue weighted by atomic mass is 10.1. The van der Waals surface area contributed by atoms with Crippen LogP contribution in [0.1, 0.15) is 0 Å². The Morgan fingerprint density at radius 1 is 0.518 bits per heavy atom. The van der Waals surface area contributed by atoms with Crippen LogP contribution < -0.4 is 21.7 Å². The van der Waals surface area contributed by atoms with Gasteiger partial charge in [-0.2, -0.15) is 86.9 Å². The number of anilines is 5. The predicted molar refractivity (Wildman–Crippen MR) is 295 cm³/mol. The maximum absolute atomic E-state index is 12.9. The molecule has 0 aliphatic rings. The molecule has 0 spiro atoms. The molecular weight excluding hydrogens is 1370 g/mol. The molecule has 7 aromatic rings. The van der Waals surface area contributed by atoms with Crippen molar-refractivity contribution in [2.75, 3.05) is 33.2 Å². The topological polar surface area (TPSA) is 594 Å². The third kappa shape index (κ3) is 16.6. The van der Waals surface area contributed by atoms with Gasteiger partial charge in [0.1, 0.15) is 54.4 Å². The van der Waals surface area contributed by atoms with Crippen LogP contribution in [0.25, 0.3) is 10.8 Å². The number of hydrogen-bond acceptors (Lipinski definition) is 32. The third-order valence-electron chi connectivity index (χ3n) is 10.1. The number of aromatic nitrogens is 9. The molecular formula is C37H27Cl4N17O20S7. The van der Waals surface area contributed by atoms with E-state index in [1.807, 2.05) is 0 Å². The zero-order chi connectivity index (χ0) is 62.9. The molecule has 0 bridgehead atoms. The number of rotatable bonds is 23. The summed E-state index contributed by atoms with van der Waals surface area (Å²) in [6, 6.07) is 1.45. The number of halogens is 4. The summed E-state index contributed by atoms with van der Waals surface area (Å²) in [6.45, 7) is 0. The predicted octanol–water partition coefficient (Wildman–Crippen LogP) is 5.42. The van der Waals surface area contributed by atoms with E-state index >= 15 is 0 Å². The molecule has 4 aromatic carbocycles. The minimum absolute atomic E-state index is 0.281. The number of nitrogen functional groups attached to an aromatic ring is 1. The van der Waals surface area contributed by atoms with E-state index in [1.54, 1.807) is 0 Å². The second-order valence-corrected chi connectivity index (χ2v) is 26.1. The van der Waals surface area contributed by atoms with Gasteiger partial charge < -0.3 is 37.0 Å². The van der Waals surface area contributed by atoms with Crippen LogP contribution >= 0.6 is 69.9 Å². The minimum atomic E-state index is -5.65. The molecule has 37 nitrogen and oxygen atoms in total. The molecule has 0 saturated heterocycles. The third-order valence-corrected chi connectivity index (χ3v) is 17.0. The highest BCUT2D eigenvalue weighted by molar-refractivity contribution is 7.99. The summed E-state index contributed by atoms with van der Waals surface area (Å²) in [5.74, 6) is -6.45. The standard InChI is InChI=1S/C37H27Cl4N17O20S7/c38-29-46-30(39)49-34(48-29)44-16(27(60)61)9-79-36-52-33(53-37(54-36)80-10-17(28(62)63)45-35-50-31(40)47-32(41)51-35)43-12-1-3-18(82(67,68)69)14(7-12)55-58-25-21(85(76,77)78)6-11-5-20(84(73,74)75)24(23(42)22(11)26(25)59)57-56-15-8-13(81(64,65)66)2-4-19(15)83(70,71)72/h1-8,16-17,59H,9-10,42H2,(H,60,61)(H,62,63)(H,64,65,66)(H,67,68,69)(H,70,71,72)(H,73,74,75)(H,76,77,78)(H,43,52,53,54)(H,44,46,48,49)(H,45,47,50,51). The van der Waals surface area contributed by atoms with Crippen LogP contribution in [0, 0.1) is 0 Å². The summed E-state index contributed by atoms with van der Waals surface area (Å²) < 4.78 is 174. The van der Waals surface area contributed by atoms with Crippen LogP contribution in [-0.4, -0.2) is 161 Å². The maximum Gasteiger partial charge on any atom is 0.327 e. The number of carboxylic acids is 2. The molecule has 0 fully saturated rings. The average Bonchev–Trinajstić information content (AvgIpc) is 1.05. The molecule has 0 radical (unpaired) electrons. The van der Waals surface area contributed by atoms with E-state index in [0.717, 1.165) is 12.1 Å². The van der Waals surface area contributed by atoms with Crippen molar-refractivity contribution in [1.82, 2.24) is 44.9 Å². The highest BCUT2D eigenvalue weighted by Gasteiger charge is 2.30. The lowest BCUT2D eigenvalue weighted by molar-refractivity contribution is -0.138. The molecule has 0 saturated carbocycles. The largest absolute Gasteiger partial charge is 0.505 e. The zero-order valence-electron chi connectivity index (χ0n) is 40.4. The zero-order valence-corrected chi connectivity index (χ0v) is 49.2. The molecule has 85 heavy (non-hydrogen) atoms.